The number of nitrogens with zero attached hydrogens (tertiary/aromatic N) is 8. The van der Waals surface area contributed by atoms with E-state index in [2.05, 4.69) is 125 Å². The van der Waals surface area contributed by atoms with Gasteiger partial charge in [0.15, 0.2) is 0 Å². The molecule has 8 nitrogen and oxygen atoms in total. The first-order valence-electron chi connectivity index (χ1n) is 15.1. The first-order chi connectivity index (χ1) is 20.8. The standard InChI is InChI=1S/C36H38N8.Pt/c1-33(2)25-19-37-29(39-25)35(5,6)31-41-27(21-43(31)23-15-11-9-12-16-23)34(3,4)28-22-44(24-17-13-10-14-18-24)32(42-28)36(7,8)30-38-20-26(33)40-30;/h9-22H,1-8H3;/q-2;+2. The minimum Gasteiger partial charge on any atom is -0.445 e. The maximum atomic E-state index is 5.38. The molecule has 6 aromatic rings. The second-order valence-electron chi connectivity index (χ2n) is 14.0. The topological polar surface area (TPSA) is 89.6 Å². The van der Waals surface area contributed by atoms with E-state index in [0.29, 0.717) is 0 Å². The Balaban J connectivity index is 0.00000357. The summed E-state index contributed by atoms with van der Waals surface area (Å²) >= 11 is 0. The number of imidazole rings is 4. The third-order valence-electron chi connectivity index (χ3n) is 9.35. The van der Waals surface area contributed by atoms with Gasteiger partial charge in [0.05, 0.1) is 16.8 Å². The molecule has 0 saturated carbocycles. The van der Waals surface area contributed by atoms with E-state index in [-0.39, 0.29) is 21.1 Å². The summed E-state index contributed by atoms with van der Waals surface area (Å²) < 4.78 is 4.37. The molecule has 1 aliphatic rings. The number of hydrogen-bond donors (Lipinski definition) is 0. The molecule has 0 atom stereocenters. The maximum Gasteiger partial charge on any atom is 2.00 e. The molecule has 45 heavy (non-hydrogen) atoms. The van der Waals surface area contributed by atoms with Crippen LogP contribution in [-0.4, -0.2) is 29.1 Å². The van der Waals surface area contributed by atoms with E-state index in [4.69, 9.17) is 29.9 Å². The van der Waals surface area contributed by atoms with E-state index in [1.54, 1.807) is 0 Å². The van der Waals surface area contributed by atoms with Crippen molar-refractivity contribution in [3.8, 4) is 11.4 Å². The summed E-state index contributed by atoms with van der Waals surface area (Å²) in [7, 11) is 0. The van der Waals surface area contributed by atoms with Crippen molar-refractivity contribution in [3.63, 3.8) is 0 Å². The summed E-state index contributed by atoms with van der Waals surface area (Å²) in [5.74, 6) is 3.17. The van der Waals surface area contributed by atoms with Gasteiger partial charge in [0.25, 0.3) is 0 Å². The second-order valence-corrected chi connectivity index (χ2v) is 14.0. The molecule has 232 valence electrons. The quantitative estimate of drug-likeness (QED) is 0.203. The molecule has 0 amide bonds. The summed E-state index contributed by atoms with van der Waals surface area (Å²) in [5, 5.41) is 0. The van der Waals surface area contributed by atoms with Crippen LogP contribution < -0.4 is 9.97 Å². The molecule has 0 spiro atoms. The van der Waals surface area contributed by atoms with Crippen LogP contribution in [-0.2, 0) is 42.7 Å². The van der Waals surface area contributed by atoms with Crippen LogP contribution in [0.2, 0.25) is 0 Å². The van der Waals surface area contributed by atoms with Gasteiger partial charge in [0.2, 0.25) is 0 Å². The summed E-state index contributed by atoms with van der Waals surface area (Å²) in [6.07, 6.45) is 8.06. The third kappa shape index (κ3) is 4.76. The molecule has 4 aromatic heterocycles. The van der Waals surface area contributed by atoms with Crippen molar-refractivity contribution in [1.29, 1.82) is 0 Å². The van der Waals surface area contributed by atoms with E-state index >= 15 is 0 Å². The number of rotatable bonds is 2. The molecule has 0 unspecified atom stereocenters. The molecule has 2 aromatic carbocycles. The van der Waals surface area contributed by atoms with Gasteiger partial charge in [0.1, 0.15) is 11.6 Å². The smallest absolute Gasteiger partial charge is 0.445 e. The molecule has 5 heterocycles. The Morgan fingerprint density at radius 3 is 1.27 bits per heavy atom. The van der Waals surface area contributed by atoms with Gasteiger partial charge in [-0.05, 0) is 65.8 Å². The van der Waals surface area contributed by atoms with Crippen molar-refractivity contribution in [2.45, 2.75) is 77.0 Å². The fraction of sp³-hybridized carbons (Fsp3) is 0.333. The minimum atomic E-state index is -0.602. The molecular weight excluding hydrogens is 740 g/mol. The minimum absolute atomic E-state index is 0. The van der Waals surface area contributed by atoms with Gasteiger partial charge in [-0.15, -0.1) is 0 Å². The Morgan fingerprint density at radius 1 is 0.511 bits per heavy atom. The Labute approximate surface area is 279 Å². The first kappa shape index (κ1) is 31.0. The van der Waals surface area contributed by atoms with Crippen LogP contribution in [0.1, 0.15) is 101 Å². The van der Waals surface area contributed by atoms with Gasteiger partial charge in [-0.1, -0.05) is 85.7 Å². The van der Waals surface area contributed by atoms with Crippen LogP contribution in [0.4, 0.5) is 0 Å². The third-order valence-corrected chi connectivity index (χ3v) is 9.35. The maximum absolute atomic E-state index is 5.38. The number of fused-ring (bicyclic) bond motifs is 8. The van der Waals surface area contributed by atoms with Crippen LogP contribution >= 0.6 is 0 Å². The van der Waals surface area contributed by atoms with E-state index in [0.717, 1.165) is 57.4 Å². The molecule has 0 N–H and O–H groups in total. The zero-order chi connectivity index (χ0) is 31.1. The van der Waals surface area contributed by atoms with Crippen molar-refractivity contribution in [3.05, 3.63) is 132 Å². The zero-order valence-electron chi connectivity index (χ0n) is 27.0. The Hall–Kier alpha value is -4.03. The second kappa shape index (κ2) is 10.5. The van der Waals surface area contributed by atoms with Gasteiger partial charge in [-0.25, -0.2) is 9.97 Å². The Bertz CT molecular complexity index is 1830. The monoisotopic (exact) mass is 777 g/mol. The molecule has 7 rings (SSSR count). The molecule has 8 bridgehead atoms. The van der Waals surface area contributed by atoms with Gasteiger partial charge >= 0.3 is 21.1 Å². The number of para-hydroxylation sites is 2. The van der Waals surface area contributed by atoms with Gasteiger partial charge in [-0.2, -0.15) is 0 Å². The van der Waals surface area contributed by atoms with Crippen LogP contribution in [0.3, 0.4) is 0 Å². The number of benzene rings is 2. The van der Waals surface area contributed by atoms with Crippen molar-refractivity contribution >= 4 is 0 Å². The van der Waals surface area contributed by atoms with E-state index in [1.165, 1.54) is 0 Å². The normalized spacial score (nSPS) is 17.4. The molecule has 0 saturated heterocycles. The average Bonchev–Trinajstić information content (AvgIpc) is 3.82. The fourth-order valence-corrected chi connectivity index (χ4v) is 6.07. The van der Waals surface area contributed by atoms with Crippen LogP contribution in [0.5, 0.6) is 0 Å². The Morgan fingerprint density at radius 2 is 0.889 bits per heavy atom. The SMILES string of the molecule is CC1(C)c2cn(-c3ccccc3)c(n2)C(C)(C)c2ncc([n-]2)C(C)(C)c2cnc([n-]2)C(C)(C)c2nc1cn2-c1ccccc1.[Pt+2]. The van der Waals surface area contributed by atoms with E-state index in [9.17, 15) is 0 Å². The van der Waals surface area contributed by atoms with Crippen LogP contribution in [0.15, 0.2) is 85.5 Å². The number of aromatic nitrogens is 8. The molecule has 0 aliphatic carbocycles. The number of hydrogen-bond acceptors (Lipinski definition) is 4. The predicted octanol–water partition coefficient (Wildman–Crippen LogP) is 6.38. The molecule has 0 radical (unpaired) electrons. The summed E-state index contributed by atoms with van der Waals surface area (Å²) in [6.45, 7) is 17.2. The predicted molar refractivity (Wildman–Crippen MR) is 171 cm³/mol. The van der Waals surface area contributed by atoms with Gasteiger partial charge in [0, 0.05) is 40.0 Å². The van der Waals surface area contributed by atoms with Crippen LogP contribution in [0, 0.1) is 0 Å². The zero-order valence-corrected chi connectivity index (χ0v) is 29.2. The van der Waals surface area contributed by atoms with Crippen molar-refractivity contribution in [2.75, 3.05) is 0 Å². The molecule has 1 aliphatic heterocycles. The van der Waals surface area contributed by atoms with Crippen molar-refractivity contribution in [2.24, 2.45) is 0 Å². The van der Waals surface area contributed by atoms with Gasteiger partial charge in [-0.3, -0.25) is 0 Å². The largest absolute Gasteiger partial charge is 2.00 e. The fourth-order valence-electron chi connectivity index (χ4n) is 6.07. The van der Waals surface area contributed by atoms with E-state index < -0.39 is 21.7 Å². The molecule has 9 heteroatoms. The van der Waals surface area contributed by atoms with Crippen molar-refractivity contribution in [1.82, 2.24) is 39.0 Å². The summed E-state index contributed by atoms with van der Waals surface area (Å²) in [4.78, 5) is 30.8. The Kier molecular flexibility index (Phi) is 7.24. The summed E-state index contributed by atoms with van der Waals surface area (Å²) in [5.41, 5.74) is 3.34. The molecular formula is C36H38N8Pt. The van der Waals surface area contributed by atoms with Crippen molar-refractivity contribution < 1.29 is 21.1 Å². The summed E-state index contributed by atoms with van der Waals surface area (Å²) in [6, 6.07) is 20.7. The van der Waals surface area contributed by atoms with E-state index in [1.807, 2.05) is 24.5 Å². The average molecular weight is 778 g/mol. The first-order valence-corrected chi connectivity index (χ1v) is 15.1. The van der Waals surface area contributed by atoms with Gasteiger partial charge < -0.3 is 29.1 Å². The van der Waals surface area contributed by atoms with Crippen LogP contribution in [0.25, 0.3) is 11.4 Å². The molecule has 0 fully saturated rings.